The van der Waals surface area contributed by atoms with Gasteiger partial charge in [0.1, 0.15) is 0 Å². The molecule has 2 aliphatic rings. The summed E-state index contributed by atoms with van der Waals surface area (Å²) in [7, 11) is 1.56. The first-order chi connectivity index (χ1) is 17.0. The van der Waals surface area contributed by atoms with Crippen LogP contribution in [0.3, 0.4) is 0 Å². The van der Waals surface area contributed by atoms with Crippen molar-refractivity contribution in [3.63, 3.8) is 0 Å². The van der Waals surface area contributed by atoms with Gasteiger partial charge < -0.3 is 19.7 Å². The van der Waals surface area contributed by atoms with Crippen LogP contribution in [0.15, 0.2) is 52.8 Å². The molecule has 0 atom stereocenters. The zero-order valence-electron chi connectivity index (χ0n) is 19.6. The predicted molar refractivity (Wildman–Crippen MR) is 131 cm³/mol. The Morgan fingerprint density at radius 3 is 2.80 bits per heavy atom. The van der Waals surface area contributed by atoms with Crippen LogP contribution in [0.1, 0.15) is 24.5 Å². The van der Waals surface area contributed by atoms with Crippen molar-refractivity contribution >= 4 is 34.1 Å². The van der Waals surface area contributed by atoms with E-state index in [2.05, 4.69) is 37.8 Å². The summed E-state index contributed by atoms with van der Waals surface area (Å²) in [6.45, 7) is 2.44. The zero-order chi connectivity index (χ0) is 24.4. The van der Waals surface area contributed by atoms with Gasteiger partial charge in [-0.3, -0.25) is 14.7 Å². The third-order valence-electron chi connectivity index (χ3n) is 6.14. The number of amides is 2. The van der Waals surface area contributed by atoms with E-state index in [0.717, 1.165) is 33.5 Å². The van der Waals surface area contributed by atoms with Crippen LogP contribution < -0.4 is 14.8 Å². The number of hydrogen-bond donors (Lipinski definition) is 2. The van der Waals surface area contributed by atoms with E-state index in [0.29, 0.717) is 37.4 Å². The van der Waals surface area contributed by atoms with E-state index in [4.69, 9.17) is 9.47 Å². The van der Waals surface area contributed by atoms with Gasteiger partial charge in [-0.1, -0.05) is 6.07 Å². The van der Waals surface area contributed by atoms with Crippen molar-refractivity contribution in [2.45, 2.75) is 25.8 Å². The maximum absolute atomic E-state index is 12.2. The van der Waals surface area contributed by atoms with Crippen molar-refractivity contribution in [1.82, 2.24) is 20.4 Å². The summed E-state index contributed by atoms with van der Waals surface area (Å²) >= 11 is 0. The second-order valence-electron chi connectivity index (χ2n) is 8.70. The second-order valence-corrected chi connectivity index (χ2v) is 8.70. The minimum absolute atomic E-state index is 0.0109. The standard InChI is InChI=1S/C25H26N6O4/c1-15(32)31-12-20(13-31)27-25(33)14-35-23-6-4-17(9-24(23)34-2)22-10-19(28-30-22)8-16-3-5-21-18(7-16)11-26-29-21/h3-7,9,11,20H,8,10,12-14H2,1-2H3,(H,26,29)(H,27,33). The number of rotatable bonds is 8. The number of methoxy groups -OCH3 is 1. The maximum atomic E-state index is 12.2. The van der Waals surface area contributed by atoms with E-state index in [1.807, 2.05) is 24.4 Å². The molecule has 2 aliphatic heterocycles. The lowest BCUT2D eigenvalue weighted by Crippen LogP contribution is -2.61. The van der Waals surface area contributed by atoms with Crippen molar-refractivity contribution in [3.8, 4) is 11.5 Å². The Hall–Kier alpha value is -4.21. The molecular formula is C25H26N6O4. The number of carbonyl (C=O) groups excluding carboxylic acids is 2. The molecule has 10 nitrogen and oxygen atoms in total. The Labute approximate surface area is 202 Å². The fraction of sp³-hybridized carbons (Fsp3) is 0.320. The highest BCUT2D eigenvalue weighted by molar-refractivity contribution is 6.15. The van der Waals surface area contributed by atoms with Gasteiger partial charge in [-0.2, -0.15) is 15.3 Å². The van der Waals surface area contributed by atoms with E-state index >= 15 is 0 Å². The summed E-state index contributed by atoms with van der Waals surface area (Å²) in [5, 5.41) is 19.7. The fourth-order valence-corrected chi connectivity index (χ4v) is 4.20. The molecule has 2 amide bonds. The number of carbonyl (C=O) groups is 2. The quantitative estimate of drug-likeness (QED) is 0.518. The molecule has 0 bridgehead atoms. The molecule has 2 aromatic carbocycles. The van der Waals surface area contributed by atoms with Crippen molar-refractivity contribution in [1.29, 1.82) is 0 Å². The van der Waals surface area contributed by atoms with Gasteiger partial charge in [-0.15, -0.1) is 0 Å². The van der Waals surface area contributed by atoms with E-state index in [1.165, 1.54) is 6.92 Å². The molecule has 5 rings (SSSR count). The first-order valence-corrected chi connectivity index (χ1v) is 11.4. The fourth-order valence-electron chi connectivity index (χ4n) is 4.20. The van der Waals surface area contributed by atoms with Crippen molar-refractivity contribution in [3.05, 3.63) is 53.7 Å². The lowest BCUT2D eigenvalue weighted by Gasteiger charge is -2.38. The van der Waals surface area contributed by atoms with Crippen molar-refractivity contribution in [2.75, 3.05) is 26.8 Å². The van der Waals surface area contributed by atoms with Crippen LogP contribution in [-0.4, -0.2) is 71.2 Å². The smallest absolute Gasteiger partial charge is 0.258 e. The van der Waals surface area contributed by atoms with Crippen molar-refractivity contribution < 1.29 is 19.1 Å². The number of ether oxygens (including phenoxy) is 2. The van der Waals surface area contributed by atoms with Gasteiger partial charge in [0.2, 0.25) is 5.91 Å². The Kier molecular flexibility index (Phi) is 6.17. The minimum atomic E-state index is -0.240. The van der Waals surface area contributed by atoms with Gasteiger partial charge in [-0.05, 0) is 35.9 Å². The van der Waals surface area contributed by atoms with Gasteiger partial charge in [0.25, 0.3) is 5.91 Å². The third kappa shape index (κ3) is 5.01. The lowest BCUT2D eigenvalue weighted by atomic mass is 10.00. The highest BCUT2D eigenvalue weighted by Gasteiger charge is 2.29. The number of nitrogens with one attached hydrogen (secondary N) is 2. The highest BCUT2D eigenvalue weighted by Crippen LogP contribution is 2.29. The van der Waals surface area contributed by atoms with E-state index in [-0.39, 0.29) is 24.5 Å². The van der Waals surface area contributed by atoms with E-state index in [1.54, 1.807) is 18.1 Å². The molecule has 0 spiro atoms. The Morgan fingerprint density at radius 2 is 2.00 bits per heavy atom. The average Bonchev–Trinajstić information content (AvgIpc) is 3.48. The number of H-pyrrole nitrogens is 1. The molecule has 0 saturated carbocycles. The lowest BCUT2D eigenvalue weighted by molar-refractivity contribution is -0.136. The second kappa shape index (κ2) is 9.57. The molecule has 0 aliphatic carbocycles. The Bertz CT molecular complexity index is 1340. The summed E-state index contributed by atoms with van der Waals surface area (Å²) < 4.78 is 11.2. The molecule has 1 aromatic heterocycles. The first-order valence-electron chi connectivity index (χ1n) is 11.4. The molecule has 1 saturated heterocycles. The number of nitrogens with zero attached hydrogens (tertiary/aromatic N) is 4. The minimum Gasteiger partial charge on any atom is -0.493 e. The van der Waals surface area contributed by atoms with Gasteiger partial charge in [0.05, 0.1) is 36.3 Å². The molecule has 2 N–H and O–H groups in total. The third-order valence-corrected chi connectivity index (χ3v) is 6.14. The number of aromatic amines is 1. The number of likely N-dealkylation sites (tertiary alicyclic amines) is 1. The van der Waals surface area contributed by atoms with Gasteiger partial charge >= 0.3 is 0 Å². The number of aromatic nitrogens is 2. The normalized spacial score (nSPS) is 15.4. The molecule has 10 heteroatoms. The van der Waals surface area contributed by atoms with Gasteiger partial charge in [-0.25, -0.2) is 0 Å². The summed E-state index contributed by atoms with van der Waals surface area (Å²) in [5.74, 6) is 0.759. The van der Waals surface area contributed by atoms with Gasteiger partial charge in [0, 0.05) is 43.8 Å². The highest BCUT2D eigenvalue weighted by atomic mass is 16.5. The molecule has 3 heterocycles. The largest absolute Gasteiger partial charge is 0.493 e. The molecule has 3 aromatic rings. The summed E-state index contributed by atoms with van der Waals surface area (Å²) in [4.78, 5) is 25.1. The number of fused-ring (bicyclic) bond motifs is 1. The van der Waals surface area contributed by atoms with Crippen LogP contribution in [0, 0.1) is 0 Å². The van der Waals surface area contributed by atoms with Crippen LogP contribution in [0.5, 0.6) is 11.5 Å². The van der Waals surface area contributed by atoms with Crippen molar-refractivity contribution in [2.24, 2.45) is 10.2 Å². The molecule has 35 heavy (non-hydrogen) atoms. The number of benzene rings is 2. The first kappa shape index (κ1) is 22.6. The summed E-state index contributed by atoms with van der Waals surface area (Å²) in [5.41, 5.74) is 4.89. The molecule has 0 unspecified atom stereocenters. The van der Waals surface area contributed by atoms with Crippen LogP contribution in [0.25, 0.3) is 10.9 Å². The molecule has 180 valence electrons. The maximum Gasteiger partial charge on any atom is 0.258 e. The average molecular weight is 475 g/mol. The zero-order valence-corrected chi connectivity index (χ0v) is 19.6. The Balaban J connectivity index is 1.15. The van der Waals surface area contributed by atoms with E-state index < -0.39 is 0 Å². The van der Waals surface area contributed by atoms with Crippen LogP contribution in [0.4, 0.5) is 0 Å². The molecular weight excluding hydrogens is 448 g/mol. The van der Waals surface area contributed by atoms with Crippen LogP contribution in [-0.2, 0) is 16.0 Å². The monoisotopic (exact) mass is 474 g/mol. The molecule has 1 fully saturated rings. The number of hydrogen-bond acceptors (Lipinski definition) is 7. The molecule has 0 radical (unpaired) electrons. The van der Waals surface area contributed by atoms with Gasteiger partial charge in [0.15, 0.2) is 18.1 Å². The Morgan fingerprint density at radius 1 is 1.14 bits per heavy atom. The topological polar surface area (TPSA) is 121 Å². The van der Waals surface area contributed by atoms with Crippen LogP contribution in [0.2, 0.25) is 0 Å². The summed E-state index contributed by atoms with van der Waals surface area (Å²) in [6.07, 6.45) is 3.17. The van der Waals surface area contributed by atoms with E-state index in [9.17, 15) is 9.59 Å². The SMILES string of the molecule is COc1cc(C2=NN=C(Cc3ccc4[nH]ncc4c3)C2)ccc1OCC(=O)NC1CN(C(C)=O)C1. The summed E-state index contributed by atoms with van der Waals surface area (Å²) in [6, 6.07) is 11.7. The van der Waals surface area contributed by atoms with Crippen LogP contribution >= 0.6 is 0 Å². The predicted octanol–water partition coefficient (Wildman–Crippen LogP) is 2.09.